The van der Waals surface area contributed by atoms with Gasteiger partial charge in [0.05, 0.1) is 17.6 Å². The zero-order chi connectivity index (χ0) is 14.7. The first-order valence-electron chi connectivity index (χ1n) is 7.62. The molecule has 1 aliphatic carbocycles. The number of para-hydroxylation sites is 2. The molecule has 2 N–H and O–H groups in total. The van der Waals surface area contributed by atoms with Gasteiger partial charge in [0.15, 0.2) is 0 Å². The van der Waals surface area contributed by atoms with E-state index in [0.29, 0.717) is 25.4 Å². The number of carbonyl (C=O) groups is 1. The Morgan fingerprint density at radius 2 is 2.19 bits per heavy atom. The quantitative estimate of drug-likeness (QED) is 0.852. The van der Waals surface area contributed by atoms with Gasteiger partial charge in [-0.05, 0) is 31.4 Å². The van der Waals surface area contributed by atoms with Gasteiger partial charge in [0.2, 0.25) is 5.91 Å². The summed E-state index contributed by atoms with van der Waals surface area (Å²) in [5, 5.41) is 9.12. The number of aliphatic hydroxyl groups is 1. The molecule has 0 saturated heterocycles. The molecule has 0 aliphatic heterocycles. The lowest BCUT2D eigenvalue weighted by Gasteiger charge is -2.37. The maximum Gasteiger partial charge on any atom is 0.223 e. The maximum atomic E-state index is 12.3. The molecular formula is C16H21N3O2. The van der Waals surface area contributed by atoms with E-state index < -0.39 is 0 Å². The van der Waals surface area contributed by atoms with Crippen LogP contribution in [0, 0.1) is 0 Å². The Morgan fingerprint density at radius 3 is 2.86 bits per heavy atom. The predicted molar refractivity (Wildman–Crippen MR) is 80.9 cm³/mol. The molecular weight excluding hydrogens is 266 g/mol. The van der Waals surface area contributed by atoms with Gasteiger partial charge in [0.25, 0.3) is 0 Å². The Hall–Kier alpha value is -1.88. The van der Waals surface area contributed by atoms with E-state index in [1.807, 2.05) is 29.2 Å². The van der Waals surface area contributed by atoms with E-state index in [0.717, 1.165) is 29.7 Å². The summed E-state index contributed by atoms with van der Waals surface area (Å²) < 4.78 is 0. The average Bonchev–Trinajstić information content (AvgIpc) is 2.85. The van der Waals surface area contributed by atoms with Crippen LogP contribution >= 0.6 is 0 Å². The van der Waals surface area contributed by atoms with Crippen molar-refractivity contribution in [2.24, 2.45) is 0 Å². The Kier molecular flexibility index (Phi) is 4.20. The highest BCUT2D eigenvalue weighted by Crippen LogP contribution is 2.25. The molecule has 5 nitrogen and oxygen atoms in total. The Bertz CT molecular complexity index is 586. The molecule has 2 aromatic rings. The SMILES string of the molecule is O=C(CCc1nc2ccccc2[nH]1)N(CCO)C1CCC1. The number of carbonyl (C=O) groups excluding carboxylic acids is 1. The Labute approximate surface area is 124 Å². The number of aryl methyl sites for hydroxylation is 1. The molecule has 1 heterocycles. The lowest BCUT2D eigenvalue weighted by Crippen LogP contribution is -2.45. The molecule has 21 heavy (non-hydrogen) atoms. The fraction of sp³-hybridized carbons (Fsp3) is 0.500. The van der Waals surface area contributed by atoms with E-state index in [-0.39, 0.29) is 12.5 Å². The molecule has 1 saturated carbocycles. The van der Waals surface area contributed by atoms with Gasteiger partial charge in [-0.25, -0.2) is 4.98 Å². The predicted octanol–water partition coefficient (Wildman–Crippen LogP) is 1.87. The van der Waals surface area contributed by atoms with Crippen LogP contribution in [0.3, 0.4) is 0 Å². The van der Waals surface area contributed by atoms with Crippen LogP contribution in [-0.2, 0) is 11.2 Å². The van der Waals surface area contributed by atoms with E-state index >= 15 is 0 Å². The first kappa shape index (κ1) is 14.1. The van der Waals surface area contributed by atoms with E-state index in [9.17, 15) is 4.79 Å². The van der Waals surface area contributed by atoms with Crippen LogP contribution in [0.2, 0.25) is 0 Å². The highest BCUT2D eigenvalue weighted by atomic mass is 16.3. The number of imidazole rings is 1. The lowest BCUT2D eigenvalue weighted by atomic mass is 9.91. The number of nitrogens with one attached hydrogen (secondary N) is 1. The number of benzene rings is 1. The highest BCUT2D eigenvalue weighted by molar-refractivity contribution is 5.77. The number of nitrogens with zero attached hydrogens (tertiary/aromatic N) is 2. The first-order chi connectivity index (χ1) is 10.3. The van der Waals surface area contributed by atoms with Crippen LogP contribution in [0.25, 0.3) is 11.0 Å². The van der Waals surface area contributed by atoms with Crippen LogP contribution in [0.1, 0.15) is 31.5 Å². The normalized spacial score (nSPS) is 15.1. The van der Waals surface area contributed by atoms with E-state index in [2.05, 4.69) is 9.97 Å². The number of amides is 1. The van der Waals surface area contributed by atoms with Crippen LogP contribution in [0.4, 0.5) is 0 Å². The van der Waals surface area contributed by atoms with Gasteiger partial charge in [-0.1, -0.05) is 12.1 Å². The van der Waals surface area contributed by atoms with Crippen molar-refractivity contribution < 1.29 is 9.90 Å². The van der Waals surface area contributed by atoms with Crippen molar-refractivity contribution in [3.63, 3.8) is 0 Å². The second kappa shape index (κ2) is 6.26. The van der Waals surface area contributed by atoms with Gasteiger partial charge in [0.1, 0.15) is 5.82 Å². The minimum atomic E-state index is 0.0346. The number of H-pyrrole nitrogens is 1. The lowest BCUT2D eigenvalue weighted by molar-refractivity contribution is -0.135. The topological polar surface area (TPSA) is 69.2 Å². The van der Waals surface area contributed by atoms with E-state index in [1.165, 1.54) is 6.42 Å². The molecule has 0 atom stereocenters. The second-order valence-corrected chi connectivity index (χ2v) is 5.60. The molecule has 1 aromatic heterocycles. The standard InChI is InChI=1S/C16H21N3O2/c20-11-10-19(12-4-3-5-12)16(21)9-8-15-17-13-6-1-2-7-14(13)18-15/h1-2,6-7,12,20H,3-5,8-11H2,(H,17,18). The van der Waals surface area contributed by atoms with Crippen LogP contribution in [0.15, 0.2) is 24.3 Å². The van der Waals surface area contributed by atoms with Crippen molar-refractivity contribution in [1.29, 1.82) is 0 Å². The fourth-order valence-corrected chi connectivity index (χ4v) is 2.81. The van der Waals surface area contributed by atoms with Gasteiger partial charge < -0.3 is 15.0 Å². The number of aromatic nitrogens is 2. The van der Waals surface area contributed by atoms with Crippen LogP contribution in [0.5, 0.6) is 0 Å². The Balaban J connectivity index is 1.61. The van der Waals surface area contributed by atoms with Gasteiger partial charge in [-0.15, -0.1) is 0 Å². The summed E-state index contributed by atoms with van der Waals surface area (Å²) in [6.07, 6.45) is 4.37. The third kappa shape index (κ3) is 3.08. The summed E-state index contributed by atoms with van der Waals surface area (Å²) in [7, 11) is 0. The highest BCUT2D eigenvalue weighted by Gasteiger charge is 2.27. The van der Waals surface area contributed by atoms with Crippen molar-refractivity contribution >= 4 is 16.9 Å². The van der Waals surface area contributed by atoms with Crippen molar-refractivity contribution in [2.45, 2.75) is 38.1 Å². The molecule has 0 unspecified atom stereocenters. The average molecular weight is 287 g/mol. The minimum Gasteiger partial charge on any atom is -0.395 e. The number of aromatic amines is 1. The Morgan fingerprint density at radius 1 is 1.38 bits per heavy atom. The van der Waals surface area contributed by atoms with Crippen LogP contribution < -0.4 is 0 Å². The third-order valence-electron chi connectivity index (χ3n) is 4.19. The van der Waals surface area contributed by atoms with Crippen molar-refractivity contribution in [3.05, 3.63) is 30.1 Å². The molecule has 1 aromatic carbocycles. The summed E-state index contributed by atoms with van der Waals surface area (Å²) in [6, 6.07) is 8.21. The fourth-order valence-electron chi connectivity index (χ4n) is 2.81. The molecule has 0 spiro atoms. The first-order valence-corrected chi connectivity index (χ1v) is 7.62. The monoisotopic (exact) mass is 287 g/mol. The van der Waals surface area contributed by atoms with Crippen molar-refractivity contribution in [1.82, 2.24) is 14.9 Å². The second-order valence-electron chi connectivity index (χ2n) is 5.60. The molecule has 1 aliphatic rings. The molecule has 1 fully saturated rings. The summed E-state index contributed by atoms with van der Waals surface area (Å²) in [6.45, 7) is 0.483. The molecule has 0 bridgehead atoms. The van der Waals surface area contributed by atoms with Gasteiger partial charge in [-0.3, -0.25) is 4.79 Å². The number of fused-ring (bicyclic) bond motifs is 1. The smallest absolute Gasteiger partial charge is 0.223 e. The summed E-state index contributed by atoms with van der Waals surface area (Å²) in [5.41, 5.74) is 1.94. The minimum absolute atomic E-state index is 0.0346. The summed E-state index contributed by atoms with van der Waals surface area (Å²) >= 11 is 0. The van der Waals surface area contributed by atoms with Gasteiger partial charge >= 0.3 is 0 Å². The number of hydrogen-bond donors (Lipinski definition) is 2. The van der Waals surface area contributed by atoms with E-state index in [4.69, 9.17) is 5.11 Å². The summed E-state index contributed by atoms with van der Waals surface area (Å²) in [4.78, 5) is 21.9. The number of rotatable bonds is 6. The van der Waals surface area contributed by atoms with Crippen molar-refractivity contribution in [2.75, 3.05) is 13.2 Å². The number of aliphatic hydroxyl groups excluding tert-OH is 1. The largest absolute Gasteiger partial charge is 0.395 e. The zero-order valence-corrected chi connectivity index (χ0v) is 12.1. The molecule has 112 valence electrons. The third-order valence-corrected chi connectivity index (χ3v) is 4.19. The number of hydrogen-bond acceptors (Lipinski definition) is 3. The zero-order valence-electron chi connectivity index (χ0n) is 12.1. The van der Waals surface area contributed by atoms with Crippen LogP contribution in [-0.4, -0.2) is 45.1 Å². The molecule has 5 heteroatoms. The molecule has 3 rings (SSSR count). The van der Waals surface area contributed by atoms with Gasteiger partial charge in [0, 0.05) is 25.4 Å². The van der Waals surface area contributed by atoms with Gasteiger partial charge in [-0.2, -0.15) is 0 Å². The molecule has 1 amide bonds. The molecule has 0 radical (unpaired) electrons. The van der Waals surface area contributed by atoms with E-state index in [1.54, 1.807) is 0 Å². The van der Waals surface area contributed by atoms with Crippen molar-refractivity contribution in [3.8, 4) is 0 Å². The summed E-state index contributed by atoms with van der Waals surface area (Å²) in [5.74, 6) is 0.969. The maximum absolute atomic E-state index is 12.3.